The quantitative estimate of drug-likeness (QED) is 0.678. The molecule has 0 radical (unpaired) electrons. The summed E-state index contributed by atoms with van der Waals surface area (Å²) in [5.74, 6) is -2.02. The van der Waals surface area contributed by atoms with Gasteiger partial charge in [-0.1, -0.05) is 30.3 Å². The number of aliphatic hydroxyl groups is 1. The summed E-state index contributed by atoms with van der Waals surface area (Å²) in [5, 5.41) is 10.1. The fourth-order valence-electron chi connectivity index (χ4n) is 4.43. The highest BCUT2D eigenvalue weighted by Gasteiger charge is 2.63. The molecular formula is C22H24F2N2O4S. The highest BCUT2D eigenvalue weighted by atomic mass is 32.2. The van der Waals surface area contributed by atoms with Crippen molar-refractivity contribution in [3.63, 3.8) is 0 Å². The van der Waals surface area contributed by atoms with E-state index >= 15 is 0 Å². The van der Waals surface area contributed by atoms with Crippen molar-refractivity contribution in [2.75, 3.05) is 26.0 Å². The number of carbonyl (C=O) groups excluding carboxylic acids is 1. The molecule has 1 saturated carbocycles. The molecule has 1 heterocycles. The van der Waals surface area contributed by atoms with Crippen LogP contribution in [0, 0.1) is 17.0 Å². The van der Waals surface area contributed by atoms with Crippen LogP contribution in [-0.4, -0.2) is 56.3 Å². The van der Waals surface area contributed by atoms with Gasteiger partial charge in [-0.05, 0) is 36.1 Å². The predicted molar refractivity (Wildman–Crippen MR) is 112 cm³/mol. The van der Waals surface area contributed by atoms with Crippen molar-refractivity contribution in [1.82, 2.24) is 9.62 Å². The van der Waals surface area contributed by atoms with Gasteiger partial charge in [0.15, 0.2) is 0 Å². The van der Waals surface area contributed by atoms with Crippen molar-refractivity contribution >= 4 is 15.9 Å². The van der Waals surface area contributed by atoms with Crippen LogP contribution in [0.2, 0.25) is 0 Å². The van der Waals surface area contributed by atoms with Gasteiger partial charge in [0.05, 0.1) is 23.8 Å². The van der Waals surface area contributed by atoms with E-state index in [9.17, 15) is 27.1 Å². The number of halogens is 2. The third-order valence-electron chi connectivity index (χ3n) is 6.34. The summed E-state index contributed by atoms with van der Waals surface area (Å²) in [6.45, 7) is 0.202. The Morgan fingerprint density at radius 2 is 1.87 bits per heavy atom. The fraction of sp³-hybridized carbons (Fsp3) is 0.409. The normalized spacial score (nSPS) is 25.2. The Kier molecular flexibility index (Phi) is 5.61. The number of hydrogen-bond acceptors (Lipinski definition) is 4. The third-order valence-corrected chi connectivity index (χ3v) is 7.03. The lowest BCUT2D eigenvalue weighted by Crippen LogP contribution is -2.58. The van der Waals surface area contributed by atoms with Crippen LogP contribution < -0.4 is 4.72 Å². The molecule has 0 spiro atoms. The van der Waals surface area contributed by atoms with Crippen LogP contribution in [0.3, 0.4) is 0 Å². The number of carbonyl (C=O) groups is 1. The lowest BCUT2D eigenvalue weighted by Gasteiger charge is -2.43. The maximum atomic E-state index is 14.4. The van der Waals surface area contributed by atoms with Gasteiger partial charge in [-0.15, -0.1) is 0 Å². The molecule has 6 nitrogen and oxygen atoms in total. The van der Waals surface area contributed by atoms with Crippen LogP contribution in [0.4, 0.5) is 8.78 Å². The van der Waals surface area contributed by atoms with Gasteiger partial charge in [-0.25, -0.2) is 21.9 Å². The highest BCUT2D eigenvalue weighted by molar-refractivity contribution is 7.88. The van der Waals surface area contributed by atoms with Crippen LogP contribution >= 0.6 is 0 Å². The molecule has 4 rings (SSSR count). The van der Waals surface area contributed by atoms with Crippen LogP contribution in [-0.2, 0) is 14.8 Å². The third kappa shape index (κ3) is 3.97. The molecule has 166 valence electrons. The Morgan fingerprint density at radius 3 is 2.45 bits per heavy atom. The molecular weight excluding hydrogens is 426 g/mol. The second-order valence-corrected chi connectivity index (χ2v) is 10.1. The zero-order chi connectivity index (χ0) is 22.4. The number of likely N-dealkylation sites (tertiary alicyclic amines) is 1. The van der Waals surface area contributed by atoms with Gasteiger partial charge in [0.1, 0.15) is 11.6 Å². The lowest BCUT2D eigenvalue weighted by molar-refractivity contribution is -0.146. The number of rotatable bonds is 7. The van der Waals surface area contributed by atoms with E-state index in [2.05, 4.69) is 4.72 Å². The summed E-state index contributed by atoms with van der Waals surface area (Å²) < 4.78 is 54.0. The van der Waals surface area contributed by atoms with E-state index in [1.807, 2.05) is 0 Å². The molecule has 31 heavy (non-hydrogen) atoms. The average molecular weight is 451 g/mol. The topological polar surface area (TPSA) is 86.7 Å². The molecule has 2 N–H and O–H groups in total. The molecule has 2 aliphatic rings. The molecule has 2 aromatic carbocycles. The smallest absolute Gasteiger partial charge is 0.232 e. The minimum absolute atomic E-state index is 0.119. The summed E-state index contributed by atoms with van der Waals surface area (Å²) in [6, 6.07) is 10.2. The molecule has 1 saturated heterocycles. The molecule has 3 atom stereocenters. The van der Waals surface area contributed by atoms with E-state index in [4.69, 9.17) is 0 Å². The summed E-state index contributed by atoms with van der Waals surface area (Å²) >= 11 is 0. The first kappa shape index (κ1) is 21.9. The maximum absolute atomic E-state index is 14.4. The molecule has 0 unspecified atom stereocenters. The maximum Gasteiger partial charge on any atom is 0.232 e. The van der Waals surface area contributed by atoms with E-state index in [1.54, 1.807) is 29.2 Å². The molecule has 2 fully saturated rings. The van der Waals surface area contributed by atoms with Crippen molar-refractivity contribution in [3.05, 3.63) is 59.7 Å². The number of benzene rings is 2. The van der Waals surface area contributed by atoms with Crippen LogP contribution in [0.1, 0.15) is 24.3 Å². The molecule has 0 bridgehead atoms. The molecule has 1 aliphatic heterocycles. The number of aliphatic hydroxyl groups excluding tert-OH is 1. The van der Waals surface area contributed by atoms with Gasteiger partial charge in [0, 0.05) is 25.0 Å². The minimum Gasteiger partial charge on any atom is -0.395 e. The van der Waals surface area contributed by atoms with Gasteiger partial charge >= 0.3 is 0 Å². The number of nitrogens with one attached hydrogen (secondary N) is 1. The number of hydrogen-bond donors (Lipinski definition) is 2. The zero-order valence-electron chi connectivity index (χ0n) is 17.0. The predicted octanol–water partition coefficient (Wildman–Crippen LogP) is 2.25. The van der Waals surface area contributed by atoms with Gasteiger partial charge in [0.2, 0.25) is 15.9 Å². The van der Waals surface area contributed by atoms with Gasteiger partial charge in [0.25, 0.3) is 0 Å². The number of sulfonamides is 1. The Labute approximate surface area is 179 Å². The van der Waals surface area contributed by atoms with E-state index in [-0.39, 0.29) is 30.0 Å². The first-order valence-corrected chi connectivity index (χ1v) is 12.0. The molecule has 1 amide bonds. The summed E-state index contributed by atoms with van der Waals surface area (Å²) in [4.78, 5) is 14.9. The average Bonchev–Trinajstić information content (AvgIpc) is 3.42. The Bertz CT molecular complexity index is 1100. The summed E-state index contributed by atoms with van der Waals surface area (Å²) in [6.07, 6.45) is 2.08. The van der Waals surface area contributed by atoms with Crippen molar-refractivity contribution in [2.24, 2.45) is 5.41 Å². The van der Waals surface area contributed by atoms with Crippen LogP contribution in [0.25, 0.3) is 11.1 Å². The second-order valence-electron chi connectivity index (χ2n) is 8.32. The van der Waals surface area contributed by atoms with E-state index in [0.29, 0.717) is 30.5 Å². The highest BCUT2D eigenvalue weighted by Crippen LogP contribution is 2.62. The lowest BCUT2D eigenvalue weighted by atomic mass is 9.90. The number of nitrogens with zero attached hydrogens (tertiary/aromatic N) is 1. The zero-order valence-corrected chi connectivity index (χ0v) is 17.8. The Hall–Kier alpha value is -2.36. The van der Waals surface area contributed by atoms with E-state index in [0.717, 1.165) is 6.26 Å². The summed E-state index contributed by atoms with van der Waals surface area (Å²) in [7, 11) is -3.38. The SMILES string of the molecule is CS(=O)(=O)NC[C@@H]1CCN1C(=O)[C@@]1(CO)C[C@@H]1c1ccccc1-c1c(F)cccc1F. The van der Waals surface area contributed by atoms with Crippen LogP contribution in [0.15, 0.2) is 42.5 Å². The fourth-order valence-corrected chi connectivity index (χ4v) is 4.92. The van der Waals surface area contributed by atoms with Gasteiger partial charge in [-0.3, -0.25) is 4.79 Å². The monoisotopic (exact) mass is 450 g/mol. The van der Waals surface area contributed by atoms with Gasteiger partial charge < -0.3 is 10.0 Å². The van der Waals surface area contributed by atoms with Crippen molar-refractivity contribution < 1.29 is 27.1 Å². The van der Waals surface area contributed by atoms with Crippen LogP contribution in [0.5, 0.6) is 0 Å². The molecule has 2 aromatic rings. The second kappa shape index (κ2) is 7.96. The van der Waals surface area contributed by atoms with Crippen molar-refractivity contribution in [1.29, 1.82) is 0 Å². The molecule has 0 aromatic heterocycles. The standard InChI is InChI=1S/C22H24F2N2O4S/c1-31(29,30)25-12-14-9-10-26(14)21(28)22(13-27)11-17(22)15-5-2-3-6-16(15)20-18(23)7-4-8-19(20)24/h2-8,14,17,25,27H,9-13H2,1H3/t14-,17+,22+/m0/s1. The van der Waals surface area contributed by atoms with Gasteiger partial charge in [-0.2, -0.15) is 0 Å². The Balaban J connectivity index is 1.60. The Morgan fingerprint density at radius 1 is 1.19 bits per heavy atom. The first-order chi connectivity index (χ1) is 14.7. The number of amides is 1. The summed E-state index contributed by atoms with van der Waals surface area (Å²) in [5.41, 5.74) is -0.240. The van der Waals surface area contributed by atoms with Crippen molar-refractivity contribution in [3.8, 4) is 11.1 Å². The van der Waals surface area contributed by atoms with E-state index in [1.165, 1.54) is 18.2 Å². The van der Waals surface area contributed by atoms with Crippen molar-refractivity contribution in [2.45, 2.75) is 24.8 Å². The molecule has 9 heteroatoms. The largest absolute Gasteiger partial charge is 0.395 e. The van der Waals surface area contributed by atoms with E-state index < -0.39 is 33.7 Å². The minimum atomic E-state index is -3.38. The molecule has 1 aliphatic carbocycles. The first-order valence-electron chi connectivity index (χ1n) is 10.1.